The smallest absolute Gasteiger partial charge is 0.270 e. The first-order valence-corrected chi connectivity index (χ1v) is 6.81. The molecule has 0 bridgehead atoms. The summed E-state index contributed by atoms with van der Waals surface area (Å²) < 4.78 is 23.1. The highest BCUT2D eigenvalue weighted by Gasteiger charge is 2.18. The second-order valence-corrected chi connectivity index (χ2v) is 5.49. The summed E-state index contributed by atoms with van der Waals surface area (Å²) in [6, 6.07) is 6.03. The number of rotatable bonds is 4. The monoisotopic (exact) mass is 293 g/mol. The molecule has 0 aliphatic heterocycles. The molecule has 0 spiro atoms. The quantitative estimate of drug-likeness (QED) is 0.490. The summed E-state index contributed by atoms with van der Waals surface area (Å²) >= 11 is 0. The zero-order chi connectivity index (χ0) is 15.3. The van der Waals surface area contributed by atoms with Crippen molar-refractivity contribution in [2.24, 2.45) is 5.10 Å². The van der Waals surface area contributed by atoms with Gasteiger partial charge in [0.2, 0.25) is 5.71 Å². The first-order valence-electron chi connectivity index (χ1n) is 4.92. The summed E-state index contributed by atoms with van der Waals surface area (Å²) in [6.45, 7) is 0. The number of non-ortho nitro benzene ring substituents is 1. The third-order valence-corrected chi connectivity index (χ3v) is 3.21. The van der Waals surface area contributed by atoms with Crippen molar-refractivity contribution in [2.45, 2.75) is 4.90 Å². The number of benzene rings is 1. The minimum absolute atomic E-state index is 0.0684. The summed E-state index contributed by atoms with van der Waals surface area (Å²) in [5.74, 6) is 0. The largest absolute Gasteiger partial charge is 0.275 e. The summed E-state index contributed by atoms with van der Waals surface area (Å²) in [5.41, 5.74) is 1.25. The summed E-state index contributed by atoms with van der Waals surface area (Å²) in [7, 11) is -3.75. The summed E-state index contributed by atoms with van der Waals surface area (Å²) in [5, 5.41) is 31.0. The lowest BCUT2D eigenvalue weighted by Gasteiger charge is -2.06. The number of hydrogen-bond acceptors (Lipinski definition) is 8. The molecule has 0 amide bonds. The molecule has 1 aromatic rings. The lowest BCUT2D eigenvalue weighted by atomic mass is 10.3. The molecule has 0 aliphatic carbocycles. The van der Waals surface area contributed by atoms with E-state index in [9.17, 15) is 18.5 Å². The summed E-state index contributed by atoms with van der Waals surface area (Å²) in [6.07, 6.45) is 0.871. The maximum Gasteiger partial charge on any atom is 0.270 e. The Morgan fingerprint density at radius 2 is 2.00 bits per heavy atom. The molecule has 0 saturated carbocycles. The number of nitro groups is 1. The predicted octanol–water partition coefficient (Wildman–Crippen LogP) is 0.813. The lowest BCUT2D eigenvalue weighted by Crippen LogP contribution is -2.05. The van der Waals surface area contributed by atoms with Gasteiger partial charge in [-0.15, -0.1) is 0 Å². The van der Waals surface area contributed by atoms with E-state index >= 15 is 0 Å². The Hall–Kier alpha value is -2.98. The average molecular weight is 293 g/mol. The van der Waals surface area contributed by atoms with Crippen LogP contribution in [0.5, 0.6) is 0 Å². The van der Waals surface area contributed by atoms with E-state index in [1.165, 1.54) is 12.1 Å². The second kappa shape index (κ2) is 5.77. The van der Waals surface area contributed by atoms with Gasteiger partial charge in [0.15, 0.2) is 9.84 Å². The van der Waals surface area contributed by atoms with Gasteiger partial charge in [-0.05, 0) is 6.07 Å². The molecule has 102 valence electrons. The molecule has 1 rings (SSSR count). The van der Waals surface area contributed by atoms with Gasteiger partial charge in [-0.3, -0.25) is 15.5 Å². The maximum atomic E-state index is 11.6. The summed E-state index contributed by atoms with van der Waals surface area (Å²) in [4.78, 5) is 9.53. The van der Waals surface area contributed by atoms with Gasteiger partial charge >= 0.3 is 0 Å². The Balaban J connectivity index is 3.35. The number of nitro benzene ring substituents is 1. The number of hydrazone groups is 1. The Kier molecular flexibility index (Phi) is 4.35. The normalized spacial score (nSPS) is 9.95. The number of nitrogens with zero attached hydrogens (tertiary/aromatic N) is 4. The van der Waals surface area contributed by atoms with Crippen molar-refractivity contribution in [1.82, 2.24) is 0 Å². The molecule has 0 saturated heterocycles. The molecule has 9 nitrogen and oxygen atoms in total. The number of nitriles is 2. The van der Waals surface area contributed by atoms with Crippen LogP contribution >= 0.6 is 0 Å². The molecule has 0 fully saturated rings. The van der Waals surface area contributed by atoms with Crippen molar-refractivity contribution in [3.63, 3.8) is 0 Å². The Morgan fingerprint density at radius 1 is 1.40 bits per heavy atom. The van der Waals surface area contributed by atoms with Crippen LogP contribution in [0.3, 0.4) is 0 Å². The van der Waals surface area contributed by atoms with E-state index in [1.807, 2.05) is 0 Å². The van der Waals surface area contributed by atoms with Crippen molar-refractivity contribution in [1.29, 1.82) is 10.5 Å². The third-order valence-electron chi connectivity index (χ3n) is 2.08. The minimum atomic E-state index is -3.75. The number of hydrogen-bond donors (Lipinski definition) is 1. The van der Waals surface area contributed by atoms with Crippen molar-refractivity contribution in [3.8, 4) is 12.1 Å². The van der Waals surface area contributed by atoms with Crippen LogP contribution in [0, 0.1) is 32.8 Å². The van der Waals surface area contributed by atoms with Gasteiger partial charge in [-0.1, -0.05) is 0 Å². The number of nitrogens with one attached hydrogen (secondary N) is 1. The molecule has 0 radical (unpaired) electrons. The van der Waals surface area contributed by atoms with Gasteiger partial charge in [0, 0.05) is 18.4 Å². The van der Waals surface area contributed by atoms with E-state index in [0.717, 1.165) is 24.5 Å². The molecule has 0 aliphatic rings. The van der Waals surface area contributed by atoms with Gasteiger partial charge < -0.3 is 0 Å². The minimum Gasteiger partial charge on any atom is -0.275 e. The zero-order valence-electron chi connectivity index (χ0n) is 10.1. The first-order chi connectivity index (χ1) is 9.29. The third kappa shape index (κ3) is 3.51. The Morgan fingerprint density at radius 3 is 2.45 bits per heavy atom. The highest BCUT2D eigenvalue weighted by Crippen LogP contribution is 2.26. The van der Waals surface area contributed by atoms with E-state index in [2.05, 4.69) is 10.5 Å². The second-order valence-electron chi connectivity index (χ2n) is 3.51. The van der Waals surface area contributed by atoms with Gasteiger partial charge in [0.05, 0.1) is 15.5 Å². The maximum absolute atomic E-state index is 11.6. The molecule has 0 unspecified atom stereocenters. The molecule has 1 aromatic carbocycles. The average Bonchev–Trinajstić information content (AvgIpc) is 2.38. The molecule has 1 N–H and O–H groups in total. The van der Waals surface area contributed by atoms with E-state index in [-0.39, 0.29) is 10.6 Å². The fourth-order valence-electron chi connectivity index (χ4n) is 1.21. The van der Waals surface area contributed by atoms with Crippen LogP contribution < -0.4 is 5.43 Å². The van der Waals surface area contributed by atoms with Gasteiger partial charge in [-0.2, -0.15) is 15.6 Å². The number of anilines is 1. The molecule has 0 aromatic heterocycles. The molecule has 10 heteroatoms. The van der Waals surface area contributed by atoms with Crippen molar-refractivity contribution in [3.05, 3.63) is 28.3 Å². The zero-order valence-corrected chi connectivity index (χ0v) is 10.9. The highest BCUT2D eigenvalue weighted by molar-refractivity contribution is 7.90. The lowest BCUT2D eigenvalue weighted by molar-refractivity contribution is -0.385. The van der Waals surface area contributed by atoms with Gasteiger partial charge in [0.1, 0.15) is 12.1 Å². The molecule has 0 atom stereocenters. The van der Waals surface area contributed by atoms with E-state index in [4.69, 9.17) is 10.5 Å². The SMILES string of the molecule is CS(=O)(=O)c1cc([N+](=O)[O-])ccc1NN=C(C#N)C#N. The molecular formula is C10H7N5O4S. The van der Waals surface area contributed by atoms with Crippen molar-refractivity contribution in [2.75, 3.05) is 11.7 Å². The van der Waals surface area contributed by atoms with Crippen LogP contribution in [0.4, 0.5) is 11.4 Å². The fraction of sp³-hybridized carbons (Fsp3) is 0.100. The standard InChI is InChI=1S/C10H7N5O4S/c1-20(18,19)10-4-8(15(16)17)2-3-9(10)14-13-7(5-11)6-12/h2-4,14H,1H3. The topological polar surface area (TPSA) is 149 Å². The van der Waals surface area contributed by atoms with Crippen molar-refractivity contribution >= 4 is 26.9 Å². The Bertz CT molecular complexity index is 754. The van der Waals surface area contributed by atoms with Gasteiger partial charge in [-0.25, -0.2) is 8.42 Å². The van der Waals surface area contributed by atoms with Crippen LogP contribution in [-0.2, 0) is 9.84 Å². The highest BCUT2D eigenvalue weighted by atomic mass is 32.2. The van der Waals surface area contributed by atoms with Crippen molar-refractivity contribution < 1.29 is 13.3 Å². The fourth-order valence-corrected chi connectivity index (χ4v) is 2.06. The van der Waals surface area contributed by atoms with E-state index in [0.29, 0.717) is 0 Å². The van der Waals surface area contributed by atoms with Crippen LogP contribution in [0.1, 0.15) is 0 Å². The predicted molar refractivity (Wildman–Crippen MR) is 68.5 cm³/mol. The number of sulfone groups is 1. The van der Waals surface area contributed by atoms with E-state index in [1.54, 1.807) is 0 Å². The van der Waals surface area contributed by atoms with Crippen LogP contribution in [0.25, 0.3) is 0 Å². The Labute approximate surface area is 113 Å². The van der Waals surface area contributed by atoms with Crippen LogP contribution in [0.2, 0.25) is 0 Å². The first kappa shape index (κ1) is 15.1. The van der Waals surface area contributed by atoms with Gasteiger partial charge in [0.25, 0.3) is 5.69 Å². The molecule has 0 heterocycles. The molecular weight excluding hydrogens is 286 g/mol. The molecule has 20 heavy (non-hydrogen) atoms. The van der Waals surface area contributed by atoms with Crippen LogP contribution in [-0.4, -0.2) is 25.3 Å². The van der Waals surface area contributed by atoms with Crippen LogP contribution in [0.15, 0.2) is 28.2 Å². The van der Waals surface area contributed by atoms with E-state index < -0.39 is 26.2 Å².